The van der Waals surface area contributed by atoms with Crippen LogP contribution in [0.3, 0.4) is 0 Å². The van der Waals surface area contributed by atoms with Gasteiger partial charge in [0.1, 0.15) is 0 Å². The molecule has 0 aromatic heterocycles. The maximum atomic E-state index is 10.0. The van der Waals surface area contributed by atoms with E-state index in [0.717, 1.165) is 0 Å². The van der Waals surface area contributed by atoms with Crippen molar-refractivity contribution in [1.82, 2.24) is 0 Å². The van der Waals surface area contributed by atoms with Gasteiger partial charge in [-0.15, -0.1) is 12.4 Å². The molecule has 0 fully saturated rings. The number of halogens is 1. The van der Waals surface area contributed by atoms with Gasteiger partial charge < -0.3 is 10.8 Å². The van der Waals surface area contributed by atoms with Crippen molar-refractivity contribution in [3.8, 4) is 0 Å². The molecular formula is C6H14ClNO2. The molecule has 0 heterocycles. The Bertz CT molecular complexity index is 106. The Hall–Kier alpha value is -0.280. The van der Waals surface area contributed by atoms with E-state index in [1.54, 1.807) is 0 Å². The summed E-state index contributed by atoms with van der Waals surface area (Å²) >= 11 is 0. The third-order valence-corrected chi connectivity index (χ3v) is 1.27. The molecule has 3 nitrogen and oxygen atoms in total. The van der Waals surface area contributed by atoms with Gasteiger partial charge in [-0.2, -0.15) is 0 Å². The molecule has 0 unspecified atom stereocenters. The smallest absolute Gasteiger partial charge is 0.304 e. The number of carboxylic acids is 1. The van der Waals surface area contributed by atoms with Crippen LogP contribution in [-0.2, 0) is 4.79 Å². The summed E-state index contributed by atoms with van der Waals surface area (Å²) < 4.78 is 0. The SMILES string of the molecule is CC(C)[C@@H](N)CC(=O)O.Cl. The monoisotopic (exact) mass is 167 g/mol. The van der Waals surface area contributed by atoms with E-state index in [4.69, 9.17) is 10.8 Å². The highest BCUT2D eigenvalue weighted by molar-refractivity contribution is 5.85. The summed E-state index contributed by atoms with van der Waals surface area (Å²) in [6.07, 6.45) is 0.0671. The first-order chi connectivity index (χ1) is 4.04. The average Bonchev–Trinajstić information content (AvgIpc) is 1.63. The van der Waals surface area contributed by atoms with Gasteiger partial charge in [0.05, 0.1) is 6.42 Å². The summed E-state index contributed by atoms with van der Waals surface area (Å²) in [6.45, 7) is 3.82. The van der Waals surface area contributed by atoms with Gasteiger partial charge >= 0.3 is 5.97 Å². The molecule has 0 rings (SSSR count). The standard InChI is InChI=1S/C6H13NO2.ClH/c1-4(2)5(7)3-6(8)9;/h4-5H,3,7H2,1-2H3,(H,8,9);1H/t5-;/m0./s1. The predicted molar refractivity (Wildman–Crippen MR) is 42.3 cm³/mol. The first kappa shape index (κ1) is 12.4. The van der Waals surface area contributed by atoms with Crippen LogP contribution in [0.4, 0.5) is 0 Å². The lowest BCUT2D eigenvalue weighted by atomic mass is 10.0. The summed E-state index contributed by atoms with van der Waals surface area (Å²) in [7, 11) is 0. The summed E-state index contributed by atoms with van der Waals surface area (Å²) in [4.78, 5) is 10.0. The second kappa shape index (κ2) is 5.50. The van der Waals surface area contributed by atoms with Crippen LogP contribution in [0.25, 0.3) is 0 Å². The van der Waals surface area contributed by atoms with Crippen molar-refractivity contribution in [1.29, 1.82) is 0 Å². The van der Waals surface area contributed by atoms with Gasteiger partial charge in [-0.1, -0.05) is 13.8 Å². The van der Waals surface area contributed by atoms with Crippen molar-refractivity contribution in [2.24, 2.45) is 11.7 Å². The molecule has 0 aliphatic rings. The molecule has 0 radical (unpaired) electrons. The quantitative estimate of drug-likeness (QED) is 0.656. The highest BCUT2D eigenvalue weighted by Gasteiger charge is 2.10. The Morgan fingerprint density at radius 3 is 2.10 bits per heavy atom. The fourth-order valence-electron chi connectivity index (χ4n) is 0.437. The number of hydrogen-bond acceptors (Lipinski definition) is 2. The maximum Gasteiger partial charge on any atom is 0.304 e. The molecule has 0 aromatic carbocycles. The number of aliphatic carboxylic acids is 1. The Morgan fingerprint density at radius 1 is 1.60 bits per heavy atom. The van der Waals surface area contributed by atoms with Gasteiger partial charge in [0, 0.05) is 6.04 Å². The fraction of sp³-hybridized carbons (Fsp3) is 0.833. The summed E-state index contributed by atoms with van der Waals surface area (Å²) in [5, 5.41) is 8.25. The van der Waals surface area contributed by atoms with Crippen molar-refractivity contribution in [3.63, 3.8) is 0 Å². The van der Waals surface area contributed by atoms with E-state index in [9.17, 15) is 4.79 Å². The molecule has 0 spiro atoms. The topological polar surface area (TPSA) is 63.3 Å². The van der Waals surface area contributed by atoms with Gasteiger partial charge in [-0.25, -0.2) is 0 Å². The third-order valence-electron chi connectivity index (χ3n) is 1.27. The minimum atomic E-state index is -0.823. The minimum absolute atomic E-state index is 0. The Labute approximate surface area is 67.0 Å². The van der Waals surface area contributed by atoms with E-state index < -0.39 is 5.97 Å². The van der Waals surface area contributed by atoms with E-state index >= 15 is 0 Å². The zero-order valence-corrected chi connectivity index (χ0v) is 7.02. The number of rotatable bonds is 3. The van der Waals surface area contributed by atoms with Crippen molar-refractivity contribution in [2.45, 2.75) is 26.3 Å². The van der Waals surface area contributed by atoms with Crippen molar-refractivity contribution < 1.29 is 9.90 Å². The van der Waals surface area contributed by atoms with Gasteiger partial charge in [0.15, 0.2) is 0 Å². The second-order valence-corrected chi connectivity index (χ2v) is 2.51. The summed E-state index contributed by atoms with van der Waals surface area (Å²) in [5.74, 6) is -0.572. The van der Waals surface area contributed by atoms with Crippen LogP contribution in [0.2, 0.25) is 0 Å². The Balaban J connectivity index is 0. The van der Waals surface area contributed by atoms with Crippen LogP contribution >= 0.6 is 12.4 Å². The van der Waals surface area contributed by atoms with Gasteiger partial charge in [-0.3, -0.25) is 4.79 Å². The summed E-state index contributed by atoms with van der Waals surface area (Å²) in [5.41, 5.74) is 5.44. The van der Waals surface area contributed by atoms with Crippen LogP contribution in [0, 0.1) is 5.92 Å². The first-order valence-electron chi connectivity index (χ1n) is 3.01. The molecule has 0 amide bonds. The lowest BCUT2D eigenvalue weighted by molar-refractivity contribution is -0.137. The number of nitrogens with two attached hydrogens (primary N) is 1. The highest BCUT2D eigenvalue weighted by atomic mass is 35.5. The van der Waals surface area contributed by atoms with E-state index in [-0.39, 0.29) is 30.8 Å². The van der Waals surface area contributed by atoms with Crippen LogP contribution in [0.1, 0.15) is 20.3 Å². The molecule has 3 N–H and O–H groups in total. The molecule has 1 atom stereocenters. The normalized spacial score (nSPS) is 12.4. The van der Waals surface area contributed by atoms with Gasteiger partial charge in [0.25, 0.3) is 0 Å². The zero-order chi connectivity index (χ0) is 7.44. The molecule has 0 aliphatic carbocycles. The predicted octanol–water partition coefficient (Wildman–Crippen LogP) is 0.866. The summed E-state index contributed by atoms with van der Waals surface area (Å²) in [6, 6.07) is -0.206. The number of carbonyl (C=O) groups is 1. The van der Waals surface area contributed by atoms with E-state index in [1.165, 1.54) is 0 Å². The number of carboxylic acid groups (broad SMARTS) is 1. The Kier molecular flexibility index (Phi) is 6.82. The lowest BCUT2D eigenvalue weighted by Gasteiger charge is -2.11. The largest absolute Gasteiger partial charge is 0.481 e. The molecule has 4 heteroatoms. The van der Waals surface area contributed by atoms with Crippen LogP contribution in [0.5, 0.6) is 0 Å². The molecular weight excluding hydrogens is 154 g/mol. The van der Waals surface area contributed by atoms with E-state index in [2.05, 4.69) is 0 Å². The molecule has 0 bridgehead atoms. The van der Waals surface area contributed by atoms with E-state index in [1.807, 2.05) is 13.8 Å². The molecule has 0 saturated carbocycles. The second-order valence-electron chi connectivity index (χ2n) is 2.51. The molecule has 62 valence electrons. The van der Waals surface area contributed by atoms with Crippen LogP contribution in [-0.4, -0.2) is 17.1 Å². The van der Waals surface area contributed by atoms with Crippen molar-refractivity contribution in [3.05, 3.63) is 0 Å². The highest BCUT2D eigenvalue weighted by Crippen LogP contribution is 2.01. The van der Waals surface area contributed by atoms with Crippen LogP contribution < -0.4 is 5.73 Å². The molecule has 0 aliphatic heterocycles. The Morgan fingerprint density at radius 2 is 2.00 bits per heavy atom. The van der Waals surface area contributed by atoms with E-state index in [0.29, 0.717) is 0 Å². The lowest BCUT2D eigenvalue weighted by Crippen LogP contribution is -2.28. The third kappa shape index (κ3) is 5.85. The number of hydrogen-bond donors (Lipinski definition) is 2. The maximum absolute atomic E-state index is 10.0. The minimum Gasteiger partial charge on any atom is -0.481 e. The van der Waals surface area contributed by atoms with Crippen molar-refractivity contribution >= 4 is 18.4 Å². The average molecular weight is 168 g/mol. The van der Waals surface area contributed by atoms with Crippen LogP contribution in [0.15, 0.2) is 0 Å². The fourth-order valence-corrected chi connectivity index (χ4v) is 0.437. The van der Waals surface area contributed by atoms with Gasteiger partial charge in [0.2, 0.25) is 0 Å². The zero-order valence-electron chi connectivity index (χ0n) is 6.20. The molecule has 0 saturated heterocycles. The van der Waals surface area contributed by atoms with Crippen molar-refractivity contribution in [2.75, 3.05) is 0 Å². The molecule has 0 aromatic rings. The first-order valence-corrected chi connectivity index (χ1v) is 3.01. The van der Waals surface area contributed by atoms with Gasteiger partial charge in [-0.05, 0) is 5.92 Å². The molecule has 10 heavy (non-hydrogen) atoms.